The maximum absolute atomic E-state index is 12.4. The highest BCUT2D eigenvalue weighted by Gasteiger charge is 2.37. The molecule has 7 heteroatoms. The van der Waals surface area contributed by atoms with Crippen molar-refractivity contribution in [3.8, 4) is 0 Å². The molecule has 30 heavy (non-hydrogen) atoms. The second-order valence-electron chi connectivity index (χ2n) is 9.02. The average Bonchev–Trinajstić information content (AvgIpc) is 3.29. The summed E-state index contributed by atoms with van der Waals surface area (Å²) >= 11 is 0. The van der Waals surface area contributed by atoms with E-state index in [1.165, 1.54) is 0 Å². The van der Waals surface area contributed by atoms with E-state index in [-0.39, 0.29) is 23.8 Å². The number of rotatable bonds is 7. The lowest BCUT2D eigenvalue weighted by Crippen LogP contribution is -2.32. The molecule has 2 aliphatic rings. The first kappa shape index (κ1) is 20.8. The highest BCUT2D eigenvalue weighted by Crippen LogP contribution is 2.35. The predicted octanol–water partition coefficient (Wildman–Crippen LogP) is 2.92. The lowest BCUT2D eigenvalue weighted by atomic mass is 10.1. The van der Waals surface area contributed by atoms with Crippen molar-refractivity contribution < 1.29 is 9.59 Å². The summed E-state index contributed by atoms with van der Waals surface area (Å²) in [7, 11) is 0. The van der Waals surface area contributed by atoms with Gasteiger partial charge >= 0.3 is 0 Å². The number of likely N-dealkylation sites (tertiary alicyclic amines) is 1. The van der Waals surface area contributed by atoms with Gasteiger partial charge < -0.3 is 10.2 Å². The van der Waals surface area contributed by atoms with Gasteiger partial charge in [-0.2, -0.15) is 5.10 Å². The van der Waals surface area contributed by atoms with Gasteiger partial charge in [0.15, 0.2) is 5.65 Å². The molecular formula is C23H33N5O2. The Kier molecular flexibility index (Phi) is 5.80. The summed E-state index contributed by atoms with van der Waals surface area (Å²) in [6.45, 7) is 9.74. The molecule has 2 atom stereocenters. The van der Waals surface area contributed by atoms with E-state index in [9.17, 15) is 9.59 Å². The first-order chi connectivity index (χ1) is 14.4. The van der Waals surface area contributed by atoms with Gasteiger partial charge in [-0.1, -0.05) is 6.92 Å². The molecule has 162 valence electrons. The second-order valence-corrected chi connectivity index (χ2v) is 9.02. The largest absolute Gasteiger partial charge is 0.354 e. The van der Waals surface area contributed by atoms with Crippen LogP contribution in [-0.4, -0.2) is 50.4 Å². The fourth-order valence-corrected chi connectivity index (χ4v) is 4.38. The second kappa shape index (κ2) is 8.36. The van der Waals surface area contributed by atoms with E-state index in [1.807, 2.05) is 23.3 Å². The standard InChI is InChI=1S/C23H33N5O2/c1-5-14(2)24-22(29)9-8-19-15(3)25-21-12-20(26-28(21)16(19)4)18-10-11-27(13-18)23(30)17-6-7-17/h12,14,17-18H,5-11,13H2,1-4H3,(H,24,29). The van der Waals surface area contributed by atoms with Crippen molar-refractivity contribution in [2.45, 2.75) is 78.2 Å². The van der Waals surface area contributed by atoms with Gasteiger partial charge in [0.1, 0.15) is 0 Å². The highest BCUT2D eigenvalue weighted by molar-refractivity contribution is 5.81. The Bertz CT molecular complexity index is 962. The zero-order valence-corrected chi connectivity index (χ0v) is 18.6. The smallest absolute Gasteiger partial charge is 0.225 e. The minimum Gasteiger partial charge on any atom is -0.354 e. The summed E-state index contributed by atoms with van der Waals surface area (Å²) in [6, 6.07) is 2.27. The lowest BCUT2D eigenvalue weighted by Gasteiger charge is -2.15. The molecule has 2 unspecified atom stereocenters. The molecule has 0 bridgehead atoms. The summed E-state index contributed by atoms with van der Waals surface area (Å²) in [6.07, 6.45) is 5.10. The van der Waals surface area contributed by atoms with Crippen molar-refractivity contribution in [2.75, 3.05) is 13.1 Å². The molecule has 1 saturated heterocycles. The van der Waals surface area contributed by atoms with Crippen LogP contribution in [0.25, 0.3) is 5.65 Å². The van der Waals surface area contributed by atoms with Crippen LogP contribution in [-0.2, 0) is 16.0 Å². The van der Waals surface area contributed by atoms with Crippen molar-refractivity contribution in [1.82, 2.24) is 24.8 Å². The highest BCUT2D eigenvalue weighted by atomic mass is 16.2. The molecule has 1 N–H and O–H groups in total. The van der Waals surface area contributed by atoms with E-state index < -0.39 is 0 Å². The molecule has 1 aliphatic carbocycles. The van der Waals surface area contributed by atoms with Crippen LogP contribution >= 0.6 is 0 Å². The van der Waals surface area contributed by atoms with Crippen LogP contribution in [0.1, 0.15) is 74.5 Å². The summed E-state index contributed by atoms with van der Waals surface area (Å²) in [5.41, 5.74) is 4.96. The normalized spacial score (nSPS) is 20.0. The van der Waals surface area contributed by atoms with Crippen molar-refractivity contribution >= 4 is 17.5 Å². The Morgan fingerprint density at radius 2 is 2.03 bits per heavy atom. The van der Waals surface area contributed by atoms with Gasteiger partial charge in [-0.15, -0.1) is 0 Å². The molecule has 0 aromatic carbocycles. The molecule has 0 radical (unpaired) electrons. The Morgan fingerprint density at radius 3 is 2.73 bits per heavy atom. The molecule has 2 amide bonds. The first-order valence-corrected chi connectivity index (χ1v) is 11.3. The Morgan fingerprint density at radius 1 is 1.27 bits per heavy atom. The molecule has 1 aliphatic heterocycles. The van der Waals surface area contributed by atoms with E-state index in [1.54, 1.807) is 0 Å². The van der Waals surface area contributed by atoms with Gasteiger partial charge in [0.25, 0.3) is 0 Å². The fourth-order valence-electron chi connectivity index (χ4n) is 4.38. The maximum Gasteiger partial charge on any atom is 0.225 e. The molecule has 0 spiro atoms. The number of nitrogens with one attached hydrogen (secondary N) is 1. The Balaban J connectivity index is 1.48. The Hall–Kier alpha value is -2.44. The summed E-state index contributed by atoms with van der Waals surface area (Å²) in [5.74, 6) is 0.954. The molecule has 4 rings (SSSR count). The van der Waals surface area contributed by atoms with Crippen molar-refractivity contribution in [3.05, 3.63) is 28.7 Å². The molecule has 2 aromatic heterocycles. The Labute approximate surface area is 178 Å². The van der Waals surface area contributed by atoms with Crippen LogP contribution in [0.5, 0.6) is 0 Å². The van der Waals surface area contributed by atoms with Crippen LogP contribution in [0.2, 0.25) is 0 Å². The van der Waals surface area contributed by atoms with Crippen LogP contribution in [0.4, 0.5) is 0 Å². The van der Waals surface area contributed by atoms with Crippen LogP contribution in [0.15, 0.2) is 6.07 Å². The minimum atomic E-state index is 0.0794. The first-order valence-electron chi connectivity index (χ1n) is 11.3. The zero-order valence-electron chi connectivity index (χ0n) is 18.6. The molecule has 2 fully saturated rings. The van der Waals surface area contributed by atoms with E-state index in [2.05, 4.69) is 25.2 Å². The average molecular weight is 412 g/mol. The number of fused-ring (bicyclic) bond motifs is 1. The summed E-state index contributed by atoms with van der Waals surface area (Å²) in [4.78, 5) is 31.3. The summed E-state index contributed by atoms with van der Waals surface area (Å²) < 4.78 is 1.91. The number of nitrogens with zero attached hydrogens (tertiary/aromatic N) is 4. The third-order valence-corrected chi connectivity index (χ3v) is 6.65. The number of aryl methyl sites for hydroxylation is 2. The maximum atomic E-state index is 12.4. The van der Waals surface area contributed by atoms with Crippen molar-refractivity contribution in [1.29, 1.82) is 0 Å². The van der Waals surface area contributed by atoms with E-state index in [0.717, 1.165) is 67.1 Å². The molecule has 3 heterocycles. The van der Waals surface area contributed by atoms with E-state index in [4.69, 9.17) is 10.1 Å². The third-order valence-electron chi connectivity index (χ3n) is 6.65. The van der Waals surface area contributed by atoms with Crippen LogP contribution in [0.3, 0.4) is 0 Å². The predicted molar refractivity (Wildman–Crippen MR) is 115 cm³/mol. The van der Waals surface area contributed by atoms with Gasteiger partial charge in [-0.05, 0) is 58.4 Å². The molecule has 2 aromatic rings. The third kappa shape index (κ3) is 4.20. The lowest BCUT2D eigenvalue weighted by molar-refractivity contribution is -0.131. The van der Waals surface area contributed by atoms with Crippen LogP contribution < -0.4 is 5.32 Å². The molecule has 7 nitrogen and oxygen atoms in total. The quantitative estimate of drug-likeness (QED) is 0.760. The summed E-state index contributed by atoms with van der Waals surface area (Å²) in [5, 5.41) is 7.88. The number of hydrogen-bond acceptors (Lipinski definition) is 4. The molecule has 1 saturated carbocycles. The van der Waals surface area contributed by atoms with Gasteiger partial charge in [0, 0.05) is 54.8 Å². The number of aromatic nitrogens is 3. The molecular weight excluding hydrogens is 378 g/mol. The van der Waals surface area contributed by atoms with Crippen LogP contribution in [0, 0.1) is 19.8 Å². The van der Waals surface area contributed by atoms with Crippen molar-refractivity contribution in [2.24, 2.45) is 5.92 Å². The number of carbonyl (C=O) groups is 2. The minimum absolute atomic E-state index is 0.0794. The van der Waals surface area contributed by atoms with E-state index in [0.29, 0.717) is 18.7 Å². The zero-order chi connectivity index (χ0) is 21.4. The number of amides is 2. The topological polar surface area (TPSA) is 79.6 Å². The SMILES string of the molecule is CCC(C)NC(=O)CCc1c(C)nc2cc(C3CCN(C(=O)C4CC4)C3)nn2c1C. The fraction of sp³-hybridized carbons (Fsp3) is 0.652. The van der Waals surface area contributed by atoms with Crippen molar-refractivity contribution in [3.63, 3.8) is 0 Å². The monoisotopic (exact) mass is 411 g/mol. The number of hydrogen-bond donors (Lipinski definition) is 1. The van der Waals surface area contributed by atoms with Gasteiger partial charge in [0.2, 0.25) is 11.8 Å². The van der Waals surface area contributed by atoms with Gasteiger partial charge in [0.05, 0.1) is 5.69 Å². The van der Waals surface area contributed by atoms with Gasteiger partial charge in [-0.25, -0.2) is 9.50 Å². The van der Waals surface area contributed by atoms with Gasteiger partial charge in [-0.3, -0.25) is 9.59 Å². The van der Waals surface area contributed by atoms with E-state index >= 15 is 0 Å². The number of carbonyl (C=O) groups excluding carboxylic acids is 2.